The van der Waals surface area contributed by atoms with Gasteiger partial charge in [-0.2, -0.15) is 0 Å². The van der Waals surface area contributed by atoms with Crippen LogP contribution in [0, 0.1) is 0 Å². The van der Waals surface area contributed by atoms with E-state index in [9.17, 15) is 9.00 Å². The Labute approximate surface area is 182 Å². The number of urea groups is 1. The maximum absolute atomic E-state index is 12.5. The molecular weight excluding hydrogens is 396 g/mol. The van der Waals surface area contributed by atoms with Crippen LogP contribution in [-0.2, 0) is 22.3 Å². The average Bonchev–Trinajstić information content (AvgIpc) is 2.70. The van der Waals surface area contributed by atoms with Gasteiger partial charge in [0, 0.05) is 66.8 Å². The molecule has 1 aliphatic rings. The van der Waals surface area contributed by atoms with Crippen LogP contribution in [0.4, 0.5) is 10.5 Å². The molecule has 3 rings (SSSR count). The Morgan fingerprint density at radius 1 is 1.00 bits per heavy atom. The van der Waals surface area contributed by atoms with E-state index in [1.807, 2.05) is 61.5 Å². The van der Waals surface area contributed by atoms with Gasteiger partial charge in [0.15, 0.2) is 0 Å². The number of benzene rings is 2. The first-order chi connectivity index (χ1) is 14.5. The predicted octanol–water partition coefficient (Wildman–Crippen LogP) is 2.89. The summed E-state index contributed by atoms with van der Waals surface area (Å²) in [4.78, 5) is 17.1. The summed E-state index contributed by atoms with van der Waals surface area (Å²) >= 11 is 0. The highest BCUT2D eigenvalue weighted by atomic mass is 32.2. The van der Waals surface area contributed by atoms with E-state index in [2.05, 4.69) is 27.5 Å². The monoisotopic (exact) mass is 428 g/mol. The fourth-order valence-corrected chi connectivity index (χ4v) is 4.81. The Morgan fingerprint density at radius 3 is 2.40 bits per heavy atom. The summed E-state index contributed by atoms with van der Waals surface area (Å²) in [5.74, 6) is 0.995. The molecule has 2 aromatic rings. The van der Waals surface area contributed by atoms with Crippen LogP contribution in [0.2, 0.25) is 0 Å². The van der Waals surface area contributed by atoms with E-state index >= 15 is 0 Å². The molecule has 0 bridgehead atoms. The maximum atomic E-state index is 12.5. The molecule has 1 saturated heterocycles. The quantitative estimate of drug-likeness (QED) is 0.679. The van der Waals surface area contributed by atoms with Gasteiger partial charge in [0.05, 0.1) is 0 Å². The smallest absolute Gasteiger partial charge is 0.319 e. The lowest BCUT2D eigenvalue weighted by atomic mass is 10.2. The number of nitrogens with zero attached hydrogens (tertiary/aromatic N) is 2. The summed E-state index contributed by atoms with van der Waals surface area (Å²) in [5, 5.41) is 5.92. The molecule has 1 aliphatic heterocycles. The van der Waals surface area contributed by atoms with Crippen LogP contribution in [0.5, 0.6) is 0 Å². The minimum Gasteiger partial charge on any atom is -0.334 e. The highest BCUT2D eigenvalue weighted by Crippen LogP contribution is 2.14. The van der Waals surface area contributed by atoms with E-state index in [1.54, 1.807) is 0 Å². The van der Waals surface area contributed by atoms with Crippen molar-refractivity contribution in [2.45, 2.75) is 24.5 Å². The van der Waals surface area contributed by atoms with Gasteiger partial charge >= 0.3 is 6.03 Å². The van der Waals surface area contributed by atoms with Crippen molar-refractivity contribution in [1.82, 2.24) is 15.1 Å². The van der Waals surface area contributed by atoms with Crippen LogP contribution >= 0.6 is 0 Å². The Hall–Kier alpha value is -2.22. The average molecular weight is 429 g/mol. The topological polar surface area (TPSA) is 64.7 Å². The van der Waals surface area contributed by atoms with Crippen LogP contribution in [0.15, 0.2) is 54.6 Å². The SMILES string of the molecule is C[C@H](CN1CCN(C)CC1)NC(=O)Nc1cccc(C[S@@](=O)Cc2ccccc2)c1. The molecule has 0 radical (unpaired) electrons. The molecular formula is C23H32N4O2S. The number of likely N-dealkylation sites (N-methyl/N-ethyl adjacent to an activating group) is 1. The summed E-state index contributed by atoms with van der Waals surface area (Å²) < 4.78 is 12.5. The third-order valence-electron chi connectivity index (χ3n) is 5.19. The third kappa shape index (κ3) is 7.55. The molecule has 1 heterocycles. The molecule has 1 fully saturated rings. The van der Waals surface area contributed by atoms with E-state index in [0.29, 0.717) is 17.2 Å². The van der Waals surface area contributed by atoms with Gasteiger partial charge in [-0.1, -0.05) is 42.5 Å². The Bertz CT molecular complexity index is 838. The second-order valence-electron chi connectivity index (χ2n) is 8.02. The molecule has 30 heavy (non-hydrogen) atoms. The first kappa shape index (κ1) is 22.5. The Morgan fingerprint density at radius 2 is 1.67 bits per heavy atom. The van der Waals surface area contributed by atoms with E-state index < -0.39 is 10.8 Å². The van der Waals surface area contributed by atoms with Crippen molar-refractivity contribution < 1.29 is 9.00 Å². The fourth-order valence-electron chi connectivity index (χ4n) is 3.59. The molecule has 2 atom stereocenters. The molecule has 0 aliphatic carbocycles. The van der Waals surface area contributed by atoms with Crippen LogP contribution in [0.25, 0.3) is 0 Å². The normalized spacial score (nSPS) is 17.3. The van der Waals surface area contributed by atoms with Crippen LogP contribution in [0.3, 0.4) is 0 Å². The van der Waals surface area contributed by atoms with Gasteiger partial charge < -0.3 is 15.5 Å². The maximum Gasteiger partial charge on any atom is 0.319 e. The van der Waals surface area contributed by atoms with Crippen molar-refractivity contribution in [1.29, 1.82) is 0 Å². The first-order valence-corrected chi connectivity index (χ1v) is 11.9. The molecule has 0 aromatic heterocycles. The van der Waals surface area contributed by atoms with Crippen molar-refractivity contribution in [3.8, 4) is 0 Å². The highest BCUT2D eigenvalue weighted by Gasteiger charge is 2.17. The number of piperazine rings is 1. The first-order valence-electron chi connectivity index (χ1n) is 10.4. The summed E-state index contributed by atoms with van der Waals surface area (Å²) in [6.45, 7) is 7.08. The lowest BCUT2D eigenvalue weighted by Gasteiger charge is -2.34. The zero-order valence-electron chi connectivity index (χ0n) is 17.8. The third-order valence-corrected chi connectivity index (χ3v) is 6.50. The predicted molar refractivity (Wildman–Crippen MR) is 124 cm³/mol. The summed E-state index contributed by atoms with van der Waals surface area (Å²) in [6.07, 6.45) is 0. The molecule has 2 aromatic carbocycles. The molecule has 0 spiro atoms. The van der Waals surface area contributed by atoms with Crippen molar-refractivity contribution in [3.63, 3.8) is 0 Å². The van der Waals surface area contributed by atoms with Gasteiger partial charge in [0.25, 0.3) is 0 Å². The van der Waals surface area contributed by atoms with E-state index in [-0.39, 0.29) is 12.1 Å². The number of carbonyl (C=O) groups is 1. The number of nitrogens with one attached hydrogen (secondary N) is 2. The number of hydrogen-bond donors (Lipinski definition) is 2. The largest absolute Gasteiger partial charge is 0.334 e. The highest BCUT2D eigenvalue weighted by molar-refractivity contribution is 7.83. The van der Waals surface area contributed by atoms with Crippen molar-refractivity contribution in [2.24, 2.45) is 0 Å². The minimum absolute atomic E-state index is 0.0648. The number of hydrogen-bond acceptors (Lipinski definition) is 4. The Balaban J connectivity index is 1.45. The molecule has 6 nitrogen and oxygen atoms in total. The van der Waals surface area contributed by atoms with Crippen LogP contribution in [0.1, 0.15) is 18.1 Å². The van der Waals surface area contributed by atoms with Crippen molar-refractivity contribution >= 4 is 22.5 Å². The van der Waals surface area contributed by atoms with Gasteiger partial charge in [-0.15, -0.1) is 0 Å². The van der Waals surface area contributed by atoms with Gasteiger partial charge in [-0.05, 0) is 37.2 Å². The molecule has 2 amide bonds. The molecule has 0 unspecified atom stereocenters. The number of anilines is 1. The zero-order valence-corrected chi connectivity index (χ0v) is 18.7. The van der Waals surface area contributed by atoms with Gasteiger partial charge in [0.1, 0.15) is 0 Å². The van der Waals surface area contributed by atoms with Crippen LogP contribution < -0.4 is 10.6 Å². The van der Waals surface area contributed by atoms with Crippen LogP contribution in [-0.4, -0.2) is 65.9 Å². The minimum atomic E-state index is -0.996. The van der Waals surface area contributed by atoms with E-state index in [4.69, 9.17) is 0 Å². The summed E-state index contributed by atoms with van der Waals surface area (Å²) in [7, 11) is 1.14. The van der Waals surface area contributed by atoms with Gasteiger partial charge in [-0.3, -0.25) is 9.11 Å². The summed E-state index contributed by atoms with van der Waals surface area (Å²) in [6, 6.07) is 17.3. The standard InChI is InChI=1S/C23H32N4O2S/c1-19(16-27-13-11-26(2)12-14-27)24-23(28)25-22-10-6-9-21(15-22)18-30(29)17-20-7-4-3-5-8-20/h3-10,15,19H,11-14,16-18H2,1-2H3,(H2,24,25,28)/t19-,30+/m1/s1. The number of rotatable bonds is 8. The van der Waals surface area contributed by atoms with E-state index in [0.717, 1.165) is 43.9 Å². The van der Waals surface area contributed by atoms with Gasteiger partial charge in [-0.25, -0.2) is 4.79 Å². The zero-order chi connectivity index (χ0) is 21.3. The second kappa shape index (κ2) is 11.2. The Kier molecular flexibility index (Phi) is 8.42. The lowest BCUT2D eigenvalue weighted by Crippen LogP contribution is -2.50. The number of amides is 2. The molecule has 162 valence electrons. The molecule has 0 saturated carbocycles. The second-order valence-corrected chi connectivity index (χ2v) is 9.47. The van der Waals surface area contributed by atoms with E-state index in [1.165, 1.54) is 0 Å². The lowest BCUT2D eigenvalue weighted by molar-refractivity contribution is 0.145. The van der Waals surface area contributed by atoms with Gasteiger partial charge in [0.2, 0.25) is 0 Å². The molecule has 7 heteroatoms. The van der Waals surface area contributed by atoms with Crippen molar-refractivity contribution in [2.75, 3.05) is 45.1 Å². The summed E-state index contributed by atoms with van der Waals surface area (Å²) in [5.41, 5.74) is 2.74. The van der Waals surface area contributed by atoms with Crippen molar-refractivity contribution in [3.05, 3.63) is 65.7 Å². The molecule has 2 N–H and O–H groups in total. The number of carbonyl (C=O) groups excluding carboxylic acids is 1. The fraction of sp³-hybridized carbons (Fsp3) is 0.435.